The van der Waals surface area contributed by atoms with E-state index in [1.54, 1.807) is 11.0 Å². The zero-order chi connectivity index (χ0) is 20.2. The van der Waals surface area contributed by atoms with Gasteiger partial charge >= 0.3 is 0 Å². The van der Waals surface area contributed by atoms with Crippen LogP contribution in [-0.4, -0.2) is 58.4 Å². The highest BCUT2D eigenvalue weighted by Crippen LogP contribution is 2.13. The quantitative estimate of drug-likeness (QED) is 0.272. The van der Waals surface area contributed by atoms with Crippen LogP contribution in [0.4, 0.5) is 0 Å². The Hall–Kier alpha value is -1.88. The third-order valence-electron chi connectivity index (χ3n) is 4.48. The lowest BCUT2D eigenvalue weighted by Crippen LogP contribution is -2.37. The van der Waals surface area contributed by atoms with Gasteiger partial charge < -0.3 is 20.3 Å². The number of likely N-dealkylation sites (N-methyl/N-ethyl adjacent to an activating group) is 1. The summed E-state index contributed by atoms with van der Waals surface area (Å²) < 4.78 is 7.58. The molecule has 0 aliphatic carbocycles. The van der Waals surface area contributed by atoms with Crippen molar-refractivity contribution >= 4 is 29.9 Å². The van der Waals surface area contributed by atoms with Crippen LogP contribution in [0.1, 0.15) is 32.2 Å². The highest BCUT2D eigenvalue weighted by atomic mass is 127. The molecule has 0 fully saturated rings. The fourth-order valence-corrected chi connectivity index (χ4v) is 2.68. The summed E-state index contributed by atoms with van der Waals surface area (Å²) in [6.45, 7) is 12.1. The maximum atomic E-state index is 5.83. The molecule has 2 aromatic rings. The summed E-state index contributed by atoms with van der Waals surface area (Å²) in [6, 6.07) is 8.13. The molecule has 1 aromatic carbocycles. The summed E-state index contributed by atoms with van der Waals surface area (Å²) in [6.07, 6.45) is 1.55. The first-order valence-electron chi connectivity index (χ1n) is 9.95. The lowest BCUT2D eigenvalue weighted by molar-refractivity contribution is 0.223. The van der Waals surface area contributed by atoms with Gasteiger partial charge in [-0.2, -0.15) is 5.10 Å². The second kappa shape index (κ2) is 14.2. The molecule has 162 valence electrons. The van der Waals surface area contributed by atoms with Crippen LogP contribution in [0.5, 0.6) is 5.75 Å². The zero-order valence-electron chi connectivity index (χ0n) is 17.9. The van der Waals surface area contributed by atoms with Gasteiger partial charge in [-0.15, -0.1) is 24.0 Å². The van der Waals surface area contributed by atoms with Crippen molar-refractivity contribution < 1.29 is 4.74 Å². The Labute approximate surface area is 191 Å². The summed E-state index contributed by atoms with van der Waals surface area (Å²) in [7, 11) is 1.87. The maximum Gasteiger partial charge on any atom is 0.191 e. The van der Waals surface area contributed by atoms with Crippen molar-refractivity contribution in [1.29, 1.82) is 0 Å². The second-order valence-corrected chi connectivity index (χ2v) is 6.37. The van der Waals surface area contributed by atoms with Crippen molar-refractivity contribution in [2.45, 2.75) is 33.9 Å². The van der Waals surface area contributed by atoms with Crippen LogP contribution in [0.2, 0.25) is 0 Å². The van der Waals surface area contributed by atoms with Crippen molar-refractivity contribution in [2.24, 2.45) is 12.0 Å². The first kappa shape index (κ1) is 25.2. The number of rotatable bonds is 11. The molecule has 2 N–H and O–H groups in total. The predicted molar refractivity (Wildman–Crippen MR) is 128 cm³/mol. The minimum Gasteiger partial charge on any atom is -0.492 e. The van der Waals surface area contributed by atoms with Crippen LogP contribution in [0.3, 0.4) is 0 Å². The number of halogens is 1. The van der Waals surface area contributed by atoms with Crippen LogP contribution in [-0.2, 0) is 20.1 Å². The minimum absolute atomic E-state index is 0. The molecule has 8 nitrogen and oxygen atoms in total. The summed E-state index contributed by atoms with van der Waals surface area (Å²) >= 11 is 0. The molecule has 0 aliphatic rings. The number of nitrogens with zero attached hydrogens (tertiary/aromatic N) is 5. The Balaban J connectivity index is 0.00000420. The first-order valence-corrected chi connectivity index (χ1v) is 9.95. The molecular weight excluding hydrogens is 481 g/mol. The number of hydrogen-bond acceptors (Lipinski definition) is 5. The van der Waals surface area contributed by atoms with E-state index in [0.29, 0.717) is 19.7 Å². The molecule has 0 bridgehead atoms. The number of ether oxygens (including phenoxy) is 1. The van der Waals surface area contributed by atoms with E-state index in [-0.39, 0.29) is 24.0 Å². The van der Waals surface area contributed by atoms with Gasteiger partial charge in [0.05, 0.1) is 13.1 Å². The zero-order valence-corrected chi connectivity index (χ0v) is 20.2. The van der Waals surface area contributed by atoms with Crippen LogP contribution in [0.25, 0.3) is 0 Å². The van der Waals surface area contributed by atoms with Gasteiger partial charge in [0, 0.05) is 20.1 Å². The van der Waals surface area contributed by atoms with E-state index in [1.807, 2.05) is 26.1 Å². The third-order valence-corrected chi connectivity index (χ3v) is 4.48. The van der Waals surface area contributed by atoms with Crippen LogP contribution in [0.15, 0.2) is 35.6 Å². The van der Waals surface area contributed by atoms with Crippen molar-refractivity contribution in [2.75, 3.05) is 32.8 Å². The van der Waals surface area contributed by atoms with E-state index in [4.69, 9.17) is 4.74 Å². The number of guanidine groups is 1. The molecule has 0 spiro atoms. The molecule has 29 heavy (non-hydrogen) atoms. The standard InChI is InChI=1S/C20H33N7O.HI/c1-5-21-20(23-15-19-24-16-25-26(19)4)22-14-17-8-10-18(11-9-17)28-13-12-27(6-2)7-3;/h8-11,16H,5-7,12-15H2,1-4H3,(H2,21,22,23);1H. The van der Waals surface area contributed by atoms with E-state index in [2.05, 4.69) is 56.6 Å². The number of aromatic nitrogens is 3. The average Bonchev–Trinajstić information content (AvgIpc) is 3.13. The van der Waals surface area contributed by atoms with E-state index in [9.17, 15) is 0 Å². The van der Waals surface area contributed by atoms with E-state index >= 15 is 0 Å². The number of nitrogens with one attached hydrogen (secondary N) is 2. The molecule has 0 aliphatic heterocycles. The molecule has 2 rings (SSSR count). The monoisotopic (exact) mass is 515 g/mol. The topological polar surface area (TPSA) is 79.6 Å². The normalized spacial score (nSPS) is 11.3. The molecule has 1 heterocycles. The van der Waals surface area contributed by atoms with E-state index in [0.717, 1.165) is 49.3 Å². The van der Waals surface area contributed by atoms with Gasteiger partial charge in [-0.25, -0.2) is 9.98 Å². The number of aliphatic imine (C=N–C) groups is 1. The number of aryl methyl sites for hydroxylation is 1. The van der Waals surface area contributed by atoms with Gasteiger partial charge in [0.25, 0.3) is 0 Å². The Morgan fingerprint density at radius 2 is 1.86 bits per heavy atom. The molecule has 9 heteroatoms. The molecule has 0 amide bonds. The Kier molecular flexibility index (Phi) is 12.3. The molecule has 1 aromatic heterocycles. The van der Waals surface area contributed by atoms with Gasteiger partial charge in [-0.05, 0) is 37.7 Å². The fraction of sp³-hybridized carbons (Fsp3) is 0.550. The number of hydrogen-bond donors (Lipinski definition) is 2. The van der Waals surface area contributed by atoms with Crippen molar-refractivity contribution in [3.05, 3.63) is 42.0 Å². The first-order chi connectivity index (χ1) is 13.7. The largest absolute Gasteiger partial charge is 0.492 e. The van der Waals surface area contributed by atoms with Gasteiger partial charge in [-0.3, -0.25) is 4.68 Å². The van der Waals surface area contributed by atoms with Crippen molar-refractivity contribution in [3.8, 4) is 5.75 Å². The van der Waals surface area contributed by atoms with Gasteiger partial charge in [0.15, 0.2) is 5.96 Å². The average molecular weight is 515 g/mol. The molecule has 0 saturated heterocycles. The summed E-state index contributed by atoms with van der Waals surface area (Å²) in [5.41, 5.74) is 1.13. The lowest BCUT2D eigenvalue weighted by Gasteiger charge is -2.18. The molecular formula is C20H34IN7O. The number of benzene rings is 1. The highest BCUT2D eigenvalue weighted by molar-refractivity contribution is 14.0. The predicted octanol–water partition coefficient (Wildman–Crippen LogP) is 2.41. The van der Waals surface area contributed by atoms with E-state index < -0.39 is 0 Å². The Morgan fingerprint density at radius 3 is 2.45 bits per heavy atom. The molecule has 0 unspecified atom stereocenters. The summed E-state index contributed by atoms with van der Waals surface area (Å²) in [4.78, 5) is 11.2. The van der Waals surface area contributed by atoms with Crippen molar-refractivity contribution in [3.63, 3.8) is 0 Å². The molecule has 0 atom stereocenters. The van der Waals surface area contributed by atoms with Crippen LogP contribution in [0, 0.1) is 0 Å². The Morgan fingerprint density at radius 1 is 1.14 bits per heavy atom. The van der Waals surface area contributed by atoms with Gasteiger partial charge in [-0.1, -0.05) is 26.0 Å². The second-order valence-electron chi connectivity index (χ2n) is 6.37. The minimum atomic E-state index is 0. The highest BCUT2D eigenvalue weighted by Gasteiger charge is 2.03. The van der Waals surface area contributed by atoms with Gasteiger partial charge in [0.1, 0.15) is 24.5 Å². The fourth-order valence-electron chi connectivity index (χ4n) is 2.68. The SMILES string of the molecule is CCNC(=NCc1ccc(OCCN(CC)CC)cc1)NCc1ncnn1C.I. The van der Waals surface area contributed by atoms with Crippen LogP contribution < -0.4 is 15.4 Å². The molecule has 0 radical (unpaired) electrons. The van der Waals surface area contributed by atoms with Gasteiger partial charge in [0.2, 0.25) is 0 Å². The molecule has 0 saturated carbocycles. The maximum absolute atomic E-state index is 5.83. The Bertz CT molecular complexity index is 714. The van der Waals surface area contributed by atoms with Crippen LogP contribution >= 0.6 is 24.0 Å². The summed E-state index contributed by atoms with van der Waals surface area (Å²) in [5.74, 6) is 2.51. The van der Waals surface area contributed by atoms with Crippen molar-refractivity contribution in [1.82, 2.24) is 30.3 Å². The third kappa shape index (κ3) is 8.99. The summed E-state index contributed by atoms with van der Waals surface area (Å²) in [5, 5.41) is 10.6. The lowest BCUT2D eigenvalue weighted by atomic mass is 10.2. The smallest absolute Gasteiger partial charge is 0.191 e. The van der Waals surface area contributed by atoms with E-state index in [1.165, 1.54) is 0 Å².